The molecule has 0 saturated carbocycles. The molecule has 0 spiro atoms. The maximum atomic E-state index is 12.5. The standard InChI is InChI=1S/C14H24N2OS/c1-13(2,3)11-10(12(17)14(4,5)6)18-9(16-11)7-8-15/h7-8,15H2,1-6H3. The molecule has 0 aromatic carbocycles. The minimum Gasteiger partial charge on any atom is -0.330 e. The van der Waals surface area contributed by atoms with Gasteiger partial charge in [-0.1, -0.05) is 41.5 Å². The summed E-state index contributed by atoms with van der Waals surface area (Å²) in [7, 11) is 0. The van der Waals surface area contributed by atoms with Gasteiger partial charge < -0.3 is 5.73 Å². The third-order valence-electron chi connectivity index (χ3n) is 2.63. The van der Waals surface area contributed by atoms with Gasteiger partial charge in [0.15, 0.2) is 5.78 Å². The monoisotopic (exact) mass is 268 g/mol. The summed E-state index contributed by atoms with van der Waals surface area (Å²) in [4.78, 5) is 17.9. The summed E-state index contributed by atoms with van der Waals surface area (Å²) in [5.74, 6) is 0.174. The van der Waals surface area contributed by atoms with Gasteiger partial charge >= 0.3 is 0 Å². The van der Waals surface area contributed by atoms with E-state index in [2.05, 4.69) is 25.8 Å². The molecular weight excluding hydrogens is 244 g/mol. The van der Waals surface area contributed by atoms with Gasteiger partial charge in [-0.25, -0.2) is 4.98 Å². The molecule has 18 heavy (non-hydrogen) atoms. The zero-order valence-electron chi connectivity index (χ0n) is 12.3. The predicted molar refractivity (Wildman–Crippen MR) is 77.4 cm³/mol. The van der Waals surface area contributed by atoms with Crippen molar-refractivity contribution < 1.29 is 4.79 Å². The summed E-state index contributed by atoms with van der Waals surface area (Å²) >= 11 is 1.51. The molecule has 0 aliphatic heterocycles. The number of carbonyl (C=O) groups is 1. The van der Waals surface area contributed by atoms with Crippen LogP contribution in [0.5, 0.6) is 0 Å². The highest BCUT2D eigenvalue weighted by Crippen LogP contribution is 2.34. The molecule has 1 rings (SSSR count). The number of carbonyl (C=O) groups excluding carboxylic acids is 1. The molecule has 4 heteroatoms. The molecule has 0 radical (unpaired) electrons. The Morgan fingerprint density at radius 2 is 1.78 bits per heavy atom. The fourth-order valence-electron chi connectivity index (χ4n) is 1.60. The molecular formula is C14H24N2OS. The number of nitrogens with two attached hydrogens (primary N) is 1. The van der Waals surface area contributed by atoms with Crippen LogP contribution < -0.4 is 5.73 Å². The molecule has 0 aliphatic rings. The highest BCUT2D eigenvalue weighted by atomic mass is 32.1. The van der Waals surface area contributed by atoms with Gasteiger partial charge in [0.05, 0.1) is 15.6 Å². The molecule has 0 fully saturated rings. The number of Topliss-reactive ketones (excluding diaryl/α,β-unsaturated/α-hetero) is 1. The maximum Gasteiger partial charge on any atom is 0.180 e. The van der Waals surface area contributed by atoms with E-state index < -0.39 is 0 Å². The lowest BCUT2D eigenvalue weighted by Gasteiger charge is -2.21. The lowest BCUT2D eigenvalue weighted by atomic mass is 9.84. The van der Waals surface area contributed by atoms with Gasteiger partial charge in [-0.3, -0.25) is 4.79 Å². The van der Waals surface area contributed by atoms with Crippen LogP contribution in [0.2, 0.25) is 0 Å². The first-order valence-electron chi connectivity index (χ1n) is 6.32. The molecule has 0 unspecified atom stereocenters. The second kappa shape index (κ2) is 5.10. The number of rotatable bonds is 3. The molecule has 102 valence electrons. The molecule has 1 aromatic heterocycles. The van der Waals surface area contributed by atoms with Gasteiger partial charge in [-0.2, -0.15) is 0 Å². The van der Waals surface area contributed by atoms with Crippen LogP contribution in [-0.2, 0) is 11.8 Å². The van der Waals surface area contributed by atoms with E-state index in [0.29, 0.717) is 6.54 Å². The fraction of sp³-hybridized carbons (Fsp3) is 0.714. The van der Waals surface area contributed by atoms with E-state index in [1.54, 1.807) is 0 Å². The van der Waals surface area contributed by atoms with Crippen LogP contribution in [0.25, 0.3) is 0 Å². The zero-order valence-corrected chi connectivity index (χ0v) is 13.1. The normalized spacial score (nSPS) is 12.8. The summed E-state index contributed by atoms with van der Waals surface area (Å²) in [5.41, 5.74) is 6.01. The smallest absolute Gasteiger partial charge is 0.180 e. The molecule has 3 nitrogen and oxygen atoms in total. The van der Waals surface area contributed by atoms with Crippen molar-refractivity contribution in [3.63, 3.8) is 0 Å². The highest BCUT2D eigenvalue weighted by molar-refractivity contribution is 7.13. The van der Waals surface area contributed by atoms with Gasteiger partial charge in [0.2, 0.25) is 0 Å². The second-order valence-electron chi connectivity index (χ2n) is 6.65. The summed E-state index contributed by atoms with van der Waals surface area (Å²) in [6.45, 7) is 12.7. The van der Waals surface area contributed by atoms with Crippen LogP contribution in [0.4, 0.5) is 0 Å². The Kier molecular flexibility index (Phi) is 4.34. The van der Waals surface area contributed by atoms with Crippen molar-refractivity contribution in [2.75, 3.05) is 6.54 Å². The van der Waals surface area contributed by atoms with Crippen LogP contribution in [0.1, 0.15) is 61.9 Å². The van der Waals surface area contributed by atoms with E-state index in [-0.39, 0.29) is 16.6 Å². The van der Waals surface area contributed by atoms with Gasteiger partial charge in [0.25, 0.3) is 0 Å². The summed E-state index contributed by atoms with van der Waals surface area (Å²) in [6.07, 6.45) is 0.741. The highest BCUT2D eigenvalue weighted by Gasteiger charge is 2.32. The van der Waals surface area contributed by atoms with E-state index in [0.717, 1.165) is 22.0 Å². The molecule has 0 atom stereocenters. The third kappa shape index (κ3) is 3.39. The number of nitrogens with zero attached hydrogens (tertiary/aromatic N) is 1. The van der Waals surface area contributed by atoms with Gasteiger partial charge in [0, 0.05) is 17.3 Å². The molecule has 1 aromatic rings. The van der Waals surface area contributed by atoms with E-state index in [9.17, 15) is 4.79 Å². The zero-order chi connectivity index (χ0) is 14.1. The van der Waals surface area contributed by atoms with Crippen molar-refractivity contribution in [1.29, 1.82) is 0 Å². The number of hydrogen-bond acceptors (Lipinski definition) is 4. The van der Waals surface area contributed by atoms with E-state index in [1.165, 1.54) is 11.3 Å². The van der Waals surface area contributed by atoms with E-state index in [4.69, 9.17) is 5.73 Å². The first-order valence-corrected chi connectivity index (χ1v) is 7.14. The number of ketones is 1. The molecule has 0 aliphatic carbocycles. The number of hydrogen-bond donors (Lipinski definition) is 1. The quantitative estimate of drug-likeness (QED) is 0.857. The number of thiazole rings is 1. The molecule has 2 N–H and O–H groups in total. The lowest BCUT2D eigenvalue weighted by molar-refractivity contribution is 0.0860. The Labute approximate surface area is 114 Å². The van der Waals surface area contributed by atoms with Crippen LogP contribution in [0.15, 0.2) is 0 Å². The van der Waals surface area contributed by atoms with Crippen molar-refractivity contribution >= 4 is 17.1 Å². The Hall–Kier alpha value is -0.740. The van der Waals surface area contributed by atoms with E-state index in [1.807, 2.05) is 20.8 Å². The Balaban J connectivity index is 3.29. The predicted octanol–water partition coefficient (Wildman–Crippen LogP) is 3.17. The van der Waals surface area contributed by atoms with Gasteiger partial charge in [-0.05, 0) is 6.54 Å². The Bertz CT molecular complexity index is 436. The van der Waals surface area contributed by atoms with Crippen molar-refractivity contribution in [3.05, 3.63) is 15.6 Å². The topological polar surface area (TPSA) is 56.0 Å². The number of aromatic nitrogens is 1. The Morgan fingerprint density at radius 3 is 2.17 bits per heavy atom. The van der Waals surface area contributed by atoms with Crippen molar-refractivity contribution in [2.45, 2.75) is 53.4 Å². The van der Waals surface area contributed by atoms with Crippen molar-refractivity contribution in [3.8, 4) is 0 Å². The largest absolute Gasteiger partial charge is 0.330 e. The average molecular weight is 268 g/mol. The lowest BCUT2D eigenvalue weighted by Crippen LogP contribution is -2.24. The first kappa shape index (κ1) is 15.3. The summed E-state index contributed by atoms with van der Waals surface area (Å²) in [5, 5.41) is 0.968. The van der Waals surface area contributed by atoms with Crippen molar-refractivity contribution in [1.82, 2.24) is 4.98 Å². The molecule has 0 bridgehead atoms. The molecule has 0 saturated heterocycles. The van der Waals surface area contributed by atoms with Crippen LogP contribution in [-0.4, -0.2) is 17.3 Å². The van der Waals surface area contributed by atoms with Gasteiger partial charge in [-0.15, -0.1) is 11.3 Å². The van der Waals surface area contributed by atoms with E-state index >= 15 is 0 Å². The fourth-order valence-corrected chi connectivity index (χ4v) is 3.04. The average Bonchev–Trinajstić information content (AvgIpc) is 2.59. The SMILES string of the molecule is CC(C)(C)C(=O)c1sc(CCN)nc1C(C)(C)C. The summed E-state index contributed by atoms with van der Waals surface area (Å²) < 4.78 is 0. The second-order valence-corrected chi connectivity index (χ2v) is 7.74. The van der Waals surface area contributed by atoms with Gasteiger partial charge in [0.1, 0.15) is 0 Å². The van der Waals surface area contributed by atoms with Crippen LogP contribution in [0, 0.1) is 5.41 Å². The Morgan fingerprint density at radius 1 is 1.22 bits per heavy atom. The molecule has 1 heterocycles. The first-order chi connectivity index (χ1) is 8.07. The summed E-state index contributed by atoms with van der Waals surface area (Å²) in [6, 6.07) is 0. The third-order valence-corrected chi connectivity index (χ3v) is 3.74. The molecule has 0 amide bonds. The maximum absolute atomic E-state index is 12.5. The van der Waals surface area contributed by atoms with Crippen LogP contribution in [0.3, 0.4) is 0 Å². The van der Waals surface area contributed by atoms with Crippen LogP contribution >= 0.6 is 11.3 Å². The minimum atomic E-state index is -0.369. The minimum absolute atomic E-state index is 0.112. The van der Waals surface area contributed by atoms with Crippen molar-refractivity contribution in [2.24, 2.45) is 11.1 Å².